The molecule has 0 unspecified atom stereocenters. The lowest BCUT2D eigenvalue weighted by atomic mass is 10.2. The molecule has 1 rings (SSSR count). The van der Waals surface area contributed by atoms with E-state index in [9.17, 15) is 4.79 Å². The lowest BCUT2D eigenvalue weighted by Gasteiger charge is -2.19. The molecule has 8 nitrogen and oxygen atoms in total. The molecule has 0 aliphatic rings. The summed E-state index contributed by atoms with van der Waals surface area (Å²) >= 11 is 0. The van der Waals surface area contributed by atoms with Crippen molar-refractivity contribution < 1.29 is 13.9 Å². The zero-order valence-corrected chi connectivity index (χ0v) is 11.2. The van der Waals surface area contributed by atoms with E-state index in [1.807, 2.05) is 0 Å². The van der Waals surface area contributed by atoms with Crippen molar-refractivity contribution in [2.45, 2.75) is 39.3 Å². The van der Waals surface area contributed by atoms with Crippen molar-refractivity contribution in [1.29, 1.82) is 0 Å². The van der Waals surface area contributed by atoms with Crippen LogP contribution in [0.15, 0.2) is 15.9 Å². The molecule has 1 heterocycles. The fourth-order valence-electron chi connectivity index (χ4n) is 1.32. The molecule has 1 aromatic heterocycles. The van der Waals surface area contributed by atoms with Gasteiger partial charge in [0, 0.05) is 17.9 Å². The first-order chi connectivity index (χ1) is 8.92. The summed E-state index contributed by atoms with van der Waals surface area (Å²) in [5.74, 6) is 0.587. The molecule has 1 N–H and O–H groups in total. The Bertz CT molecular complexity index is 471. The maximum Gasteiger partial charge on any atom is 0.407 e. The van der Waals surface area contributed by atoms with Crippen LogP contribution in [-0.4, -0.2) is 23.2 Å². The van der Waals surface area contributed by atoms with Crippen molar-refractivity contribution in [3.63, 3.8) is 0 Å². The average Bonchev–Trinajstić information content (AvgIpc) is 2.71. The Morgan fingerprint density at radius 2 is 2.37 bits per heavy atom. The normalized spacial score (nSPS) is 10.7. The predicted molar refractivity (Wildman–Crippen MR) is 67.3 cm³/mol. The molecule has 0 saturated carbocycles. The molecular weight excluding hydrogens is 250 g/mol. The van der Waals surface area contributed by atoms with Gasteiger partial charge in [-0.2, -0.15) is 0 Å². The van der Waals surface area contributed by atoms with Crippen LogP contribution < -0.4 is 5.32 Å². The minimum Gasteiger partial charge on any atom is -0.448 e. The number of hydrogen-bond donors (Lipinski definition) is 1. The van der Waals surface area contributed by atoms with E-state index in [2.05, 4.69) is 20.3 Å². The molecule has 0 fully saturated rings. The number of carbonyl (C=O) groups excluding carboxylic acids is 1. The third-order valence-corrected chi connectivity index (χ3v) is 2.03. The average molecular weight is 267 g/mol. The summed E-state index contributed by atoms with van der Waals surface area (Å²) in [6, 6.07) is 0. The third kappa shape index (κ3) is 5.78. The molecule has 1 aromatic rings. The van der Waals surface area contributed by atoms with Crippen molar-refractivity contribution in [3.8, 4) is 0 Å². The molecule has 0 bridgehead atoms. The maximum atomic E-state index is 11.4. The monoisotopic (exact) mass is 267 g/mol. The number of alkyl carbamates (subject to hydrolysis) is 1. The highest BCUT2D eigenvalue weighted by Crippen LogP contribution is 2.09. The van der Waals surface area contributed by atoms with Crippen LogP contribution in [0.2, 0.25) is 0 Å². The molecule has 0 saturated heterocycles. The number of azide groups is 1. The maximum absolute atomic E-state index is 11.4. The summed E-state index contributed by atoms with van der Waals surface area (Å²) in [5.41, 5.74) is 8.29. The van der Waals surface area contributed by atoms with E-state index in [0.29, 0.717) is 24.4 Å². The van der Waals surface area contributed by atoms with Crippen LogP contribution in [0, 0.1) is 0 Å². The fraction of sp³-hybridized carbons (Fsp3) is 0.636. The summed E-state index contributed by atoms with van der Waals surface area (Å²) < 4.78 is 10.2. The van der Waals surface area contributed by atoms with Gasteiger partial charge in [0.2, 0.25) is 0 Å². The summed E-state index contributed by atoms with van der Waals surface area (Å²) in [5, 5.41) is 6.02. The van der Waals surface area contributed by atoms with Crippen LogP contribution in [0.4, 0.5) is 4.79 Å². The van der Waals surface area contributed by atoms with Crippen LogP contribution in [0.5, 0.6) is 0 Å². The van der Waals surface area contributed by atoms with Crippen LogP contribution in [-0.2, 0) is 17.7 Å². The van der Waals surface area contributed by atoms with E-state index in [4.69, 9.17) is 14.7 Å². The lowest BCUT2D eigenvalue weighted by Crippen LogP contribution is -2.33. The highest BCUT2D eigenvalue weighted by molar-refractivity contribution is 5.67. The highest BCUT2D eigenvalue weighted by Gasteiger charge is 2.16. The largest absolute Gasteiger partial charge is 0.448 e. The molecule has 0 spiro atoms. The van der Waals surface area contributed by atoms with E-state index in [1.165, 1.54) is 6.39 Å². The summed E-state index contributed by atoms with van der Waals surface area (Å²) in [4.78, 5) is 18.0. The molecule has 0 aromatic carbocycles. The van der Waals surface area contributed by atoms with Gasteiger partial charge in [-0.05, 0) is 26.3 Å². The number of ether oxygens (including phenoxy) is 1. The number of carbonyl (C=O) groups is 1. The van der Waals surface area contributed by atoms with Gasteiger partial charge in [-0.1, -0.05) is 5.11 Å². The van der Waals surface area contributed by atoms with E-state index < -0.39 is 11.7 Å². The smallest absolute Gasteiger partial charge is 0.407 e. The van der Waals surface area contributed by atoms with Crippen molar-refractivity contribution in [2.75, 3.05) is 6.54 Å². The third-order valence-electron chi connectivity index (χ3n) is 2.03. The molecule has 0 atom stereocenters. The summed E-state index contributed by atoms with van der Waals surface area (Å²) in [6.45, 7) is 5.87. The first kappa shape index (κ1) is 14.8. The Hall–Kier alpha value is -2.21. The minimum absolute atomic E-state index is 0.134. The Morgan fingerprint density at radius 1 is 1.63 bits per heavy atom. The first-order valence-electron chi connectivity index (χ1n) is 5.81. The Labute approximate surface area is 110 Å². The second-order valence-electron chi connectivity index (χ2n) is 4.79. The van der Waals surface area contributed by atoms with Crippen molar-refractivity contribution >= 4 is 6.09 Å². The van der Waals surface area contributed by atoms with Crippen LogP contribution in [0.1, 0.15) is 32.2 Å². The highest BCUT2D eigenvalue weighted by atomic mass is 16.6. The fourth-order valence-corrected chi connectivity index (χ4v) is 1.32. The number of amides is 1. The van der Waals surface area contributed by atoms with Gasteiger partial charge in [-0.25, -0.2) is 9.78 Å². The Morgan fingerprint density at radius 3 is 3.00 bits per heavy atom. The number of hydrogen-bond acceptors (Lipinski definition) is 5. The van der Waals surface area contributed by atoms with E-state index in [0.717, 1.165) is 0 Å². The molecular formula is C11H17N5O3. The number of rotatable bonds is 5. The Kier molecular flexibility index (Phi) is 5.20. The van der Waals surface area contributed by atoms with Crippen molar-refractivity contribution in [3.05, 3.63) is 28.3 Å². The van der Waals surface area contributed by atoms with E-state index in [-0.39, 0.29) is 6.54 Å². The zero-order valence-electron chi connectivity index (χ0n) is 11.2. The van der Waals surface area contributed by atoms with Crippen LogP contribution >= 0.6 is 0 Å². The standard InChI is InChI=1S/C11H17N5O3/c1-11(2,3)19-10(17)13-5-4-9-8(6-15-16-12)14-7-18-9/h7H,4-6H2,1-3H3,(H,13,17). The number of oxazole rings is 1. The molecule has 0 aliphatic carbocycles. The van der Waals surface area contributed by atoms with Crippen molar-refractivity contribution in [2.24, 2.45) is 5.11 Å². The molecule has 8 heteroatoms. The molecule has 19 heavy (non-hydrogen) atoms. The van der Waals surface area contributed by atoms with E-state index in [1.54, 1.807) is 20.8 Å². The van der Waals surface area contributed by atoms with Gasteiger partial charge in [-0.15, -0.1) is 0 Å². The molecule has 0 radical (unpaired) electrons. The SMILES string of the molecule is CC(C)(C)OC(=O)NCCc1ocnc1CN=[N+]=[N-]. The van der Waals surface area contributed by atoms with Gasteiger partial charge in [0.05, 0.1) is 12.2 Å². The zero-order chi connectivity index (χ0) is 14.3. The van der Waals surface area contributed by atoms with Gasteiger partial charge >= 0.3 is 6.09 Å². The van der Waals surface area contributed by atoms with Crippen LogP contribution in [0.25, 0.3) is 10.4 Å². The molecule has 1 amide bonds. The summed E-state index contributed by atoms with van der Waals surface area (Å²) in [7, 11) is 0. The van der Waals surface area contributed by atoms with Gasteiger partial charge in [0.1, 0.15) is 11.4 Å². The van der Waals surface area contributed by atoms with Gasteiger partial charge in [0.25, 0.3) is 0 Å². The van der Waals surface area contributed by atoms with Crippen molar-refractivity contribution in [1.82, 2.24) is 10.3 Å². The van der Waals surface area contributed by atoms with Gasteiger partial charge in [-0.3, -0.25) is 0 Å². The predicted octanol–water partition coefficient (Wildman–Crippen LogP) is 2.55. The molecule has 0 aliphatic heterocycles. The van der Waals surface area contributed by atoms with E-state index >= 15 is 0 Å². The first-order valence-corrected chi connectivity index (χ1v) is 5.81. The topological polar surface area (TPSA) is 113 Å². The quantitative estimate of drug-likeness (QED) is 0.501. The minimum atomic E-state index is -0.525. The summed E-state index contributed by atoms with van der Waals surface area (Å²) in [6.07, 6.45) is 1.25. The number of nitrogens with one attached hydrogen (secondary N) is 1. The second-order valence-corrected chi connectivity index (χ2v) is 4.79. The van der Waals surface area contributed by atoms with Crippen LogP contribution in [0.3, 0.4) is 0 Å². The number of aromatic nitrogens is 1. The number of nitrogens with zero attached hydrogens (tertiary/aromatic N) is 4. The van der Waals surface area contributed by atoms with Gasteiger partial charge in [0.15, 0.2) is 6.39 Å². The lowest BCUT2D eigenvalue weighted by molar-refractivity contribution is 0.0528. The second kappa shape index (κ2) is 6.65. The molecule has 104 valence electrons. The Balaban J connectivity index is 2.39. The van der Waals surface area contributed by atoms with Gasteiger partial charge < -0.3 is 14.5 Å².